The summed E-state index contributed by atoms with van der Waals surface area (Å²) < 4.78 is 0. The van der Waals surface area contributed by atoms with Gasteiger partial charge >= 0.3 is 190 Å². The monoisotopic (exact) mass is 428 g/mol. The van der Waals surface area contributed by atoms with Gasteiger partial charge in [0.1, 0.15) is 0 Å². The molecule has 0 saturated carbocycles. The molecule has 0 aromatic heterocycles. The van der Waals surface area contributed by atoms with Gasteiger partial charge in [0.2, 0.25) is 0 Å². The molecule has 0 saturated heterocycles. The second-order valence-corrected chi connectivity index (χ2v) is 12.6. The number of fused-ring (bicyclic) bond motifs is 3. The number of hydrogen-bond acceptors (Lipinski definition) is 0. The molecule has 1 heteroatoms. The molecule has 0 radical (unpaired) electrons. The molecule has 6 aromatic rings. The summed E-state index contributed by atoms with van der Waals surface area (Å²) in [7, 11) is -2.37. The van der Waals surface area contributed by atoms with Crippen molar-refractivity contribution < 1.29 is 0 Å². The van der Waals surface area contributed by atoms with Crippen LogP contribution < -0.4 is 15.9 Å². The molecule has 0 aliphatic carbocycles. The van der Waals surface area contributed by atoms with Crippen LogP contribution in [-0.2, 0) is 0 Å². The van der Waals surface area contributed by atoms with Gasteiger partial charge in [-0.2, -0.15) is 0 Å². The molecule has 32 heavy (non-hydrogen) atoms. The molecule has 0 fully saturated rings. The topological polar surface area (TPSA) is 0 Å². The first kappa shape index (κ1) is 19.2. The molecule has 0 spiro atoms. The van der Waals surface area contributed by atoms with Crippen molar-refractivity contribution in [3.8, 4) is 0 Å². The van der Waals surface area contributed by atoms with Crippen molar-refractivity contribution in [2.75, 3.05) is 6.66 Å². The van der Waals surface area contributed by atoms with E-state index < -0.39 is 7.26 Å². The molecule has 154 valence electrons. The summed E-state index contributed by atoms with van der Waals surface area (Å²) >= 11 is 0. The van der Waals surface area contributed by atoms with Crippen molar-refractivity contribution in [1.29, 1.82) is 0 Å². The normalized spacial score (nSPS) is 12.4. The minimum atomic E-state index is -2.37. The molecule has 0 unspecified atom stereocenters. The Hall–Kier alpha value is -3.47. The van der Waals surface area contributed by atoms with Crippen LogP contribution in [0, 0.1) is 0 Å². The summed E-state index contributed by atoms with van der Waals surface area (Å²) in [5.74, 6) is 0. The van der Waals surface area contributed by atoms with E-state index in [0.717, 1.165) is 0 Å². The van der Waals surface area contributed by atoms with Gasteiger partial charge in [0.25, 0.3) is 0 Å². The summed E-state index contributed by atoms with van der Waals surface area (Å²) in [4.78, 5) is 0. The zero-order chi connectivity index (χ0) is 21.5. The predicted octanol–water partition coefficient (Wildman–Crippen LogP) is 6.80. The molecule has 0 nitrogen and oxygen atoms in total. The Morgan fingerprint density at radius 2 is 0.625 bits per heavy atom. The molecule has 0 atom stereocenters. The minimum absolute atomic E-state index is 1.31. The number of hydrogen-bond donors (Lipinski definition) is 0. The predicted molar refractivity (Wildman–Crippen MR) is 145 cm³/mol. The van der Waals surface area contributed by atoms with Crippen LogP contribution >= 0.6 is 7.26 Å². The first-order valence-corrected chi connectivity index (χ1v) is 13.7. The van der Waals surface area contributed by atoms with E-state index in [1.54, 1.807) is 0 Å². The van der Waals surface area contributed by atoms with Crippen LogP contribution in [0.1, 0.15) is 0 Å². The third-order valence-corrected chi connectivity index (χ3v) is 11.5. The maximum atomic E-state index is 2.54. The Bertz CT molecular complexity index is 1390. The van der Waals surface area contributed by atoms with Gasteiger partial charge in [-0.05, 0) is 0 Å². The van der Waals surface area contributed by atoms with E-state index in [1.165, 1.54) is 48.2 Å². The number of benzene rings is 6. The van der Waals surface area contributed by atoms with E-state index in [4.69, 9.17) is 0 Å². The van der Waals surface area contributed by atoms with Crippen molar-refractivity contribution in [2.45, 2.75) is 0 Å². The first-order valence-electron chi connectivity index (χ1n) is 11.2. The molecule has 0 heterocycles. The van der Waals surface area contributed by atoms with E-state index >= 15 is 0 Å². The van der Waals surface area contributed by atoms with Crippen molar-refractivity contribution in [3.63, 3.8) is 0 Å². The fraction of sp³-hybridized carbons (Fsp3) is 0.0323. The van der Waals surface area contributed by atoms with Gasteiger partial charge in [-0.25, -0.2) is 0 Å². The van der Waals surface area contributed by atoms with Crippen molar-refractivity contribution in [2.24, 2.45) is 0 Å². The standard InChI is InChI=1S/C31H25P/c1-32(29-20-8-14-23-11-2-5-17-26(23)29,30-21-9-15-24-12-3-6-18-27(24)30)31-22-10-16-25-13-4-7-19-28(25)31/h2-22,32H,1H3. The van der Waals surface area contributed by atoms with E-state index in [2.05, 4.69) is 134 Å². The third kappa shape index (κ3) is 2.88. The van der Waals surface area contributed by atoms with Crippen molar-refractivity contribution in [1.82, 2.24) is 0 Å². The zero-order valence-electron chi connectivity index (χ0n) is 18.1. The van der Waals surface area contributed by atoms with Gasteiger partial charge < -0.3 is 0 Å². The summed E-state index contributed by atoms with van der Waals surface area (Å²) in [6, 6.07) is 47.1. The number of rotatable bonds is 3. The molecule has 0 amide bonds. The van der Waals surface area contributed by atoms with Gasteiger partial charge in [0.05, 0.1) is 0 Å². The zero-order valence-corrected chi connectivity index (χ0v) is 19.1. The molecule has 6 aromatic carbocycles. The van der Waals surface area contributed by atoms with Gasteiger partial charge in [0.15, 0.2) is 0 Å². The molecule has 6 rings (SSSR count). The summed E-state index contributed by atoms with van der Waals surface area (Å²) in [5.41, 5.74) is 0. The maximum absolute atomic E-state index is 2.54. The molecular formula is C31H25P. The van der Waals surface area contributed by atoms with Crippen LogP contribution in [0.4, 0.5) is 0 Å². The average Bonchev–Trinajstić information content (AvgIpc) is 2.87. The molecular weight excluding hydrogens is 403 g/mol. The Morgan fingerprint density at radius 3 is 0.969 bits per heavy atom. The van der Waals surface area contributed by atoms with Crippen LogP contribution in [0.2, 0.25) is 0 Å². The van der Waals surface area contributed by atoms with Gasteiger partial charge in [-0.1, -0.05) is 0 Å². The molecule has 0 bridgehead atoms. The Labute approximate surface area is 189 Å². The SMILES string of the molecule is C[PH](c1cccc2ccccc12)(c1cccc2ccccc12)c1cccc2ccccc12. The summed E-state index contributed by atoms with van der Waals surface area (Å²) in [6.07, 6.45) is 0. The Balaban J connectivity index is 1.81. The Morgan fingerprint density at radius 1 is 0.344 bits per heavy atom. The summed E-state index contributed by atoms with van der Waals surface area (Å²) in [6.45, 7) is 2.54. The third-order valence-electron chi connectivity index (χ3n) is 6.98. The van der Waals surface area contributed by atoms with Gasteiger partial charge in [-0.3, -0.25) is 0 Å². The van der Waals surface area contributed by atoms with Crippen LogP contribution in [-0.4, -0.2) is 6.66 Å². The average molecular weight is 429 g/mol. The second kappa shape index (κ2) is 7.59. The first-order chi connectivity index (χ1) is 15.8. The second-order valence-electron chi connectivity index (χ2n) is 8.71. The molecule has 0 N–H and O–H groups in total. The fourth-order valence-electron chi connectivity index (χ4n) is 5.42. The quantitative estimate of drug-likeness (QED) is 0.272. The van der Waals surface area contributed by atoms with Crippen LogP contribution in [0.15, 0.2) is 127 Å². The van der Waals surface area contributed by atoms with Crippen LogP contribution in [0.3, 0.4) is 0 Å². The van der Waals surface area contributed by atoms with Gasteiger partial charge in [0, 0.05) is 0 Å². The fourth-order valence-corrected chi connectivity index (χ4v) is 9.88. The van der Waals surface area contributed by atoms with E-state index in [0.29, 0.717) is 0 Å². The van der Waals surface area contributed by atoms with Crippen LogP contribution in [0.5, 0.6) is 0 Å². The van der Waals surface area contributed by atoms with Crippen molar-refractivity contribution >= 4 is 55.5 Å². The van der Waals surface area contributed by atoms with E-state index in [-0.39, 0.29) is 0 Å². The van der Waals surface area contributed by atoms with Crippen molar-refractivity contribution in [3.05, 3.63) is 127 Å². The molecule has 0 aliphatic rings. The van der Waals surface area contributed by atoms with E-state index in [1.807, 2.05) is 0 Å². The summed E-state index contributed by atoms with van der Waals surface area (Å²) in [5, 5.41) is 12.5. The molecule has 0 aliphatic heterocycles. The Kier molecular flexibility index (Phi) is 4.56. The van der Waals surface area contributed by atoms with E-state index in [9.17, 15) is 0 Å². The van der Waals surface area contributed by atoms with Gasteiger partial charge in [-0.15, -0.1) is 0 Å². The van der Waals surface area contributed by atoms with Crippen LogP contribution in [0.25, 0.3) is 32.3 Å².